The van der Waals surface area contributed by atoms with Crippen LogP contribution in [0.2, 0.25) is 0 Å². The molecule has 0 fully saturated rings. The van der Waals surface area contributed by atoms with E-state index in [-0.39, 0.29) is 0 Å². The average Bonchev–Trinajstić information content (AvgIpc) is 2.05. The molecule has 1 heterocycles. The first-order valence-electron chi connectivity index (χ1n) is 4.00. The maximum Gasteiger partial charge on any atom is 0.125 e. The molecular weight excluding hydrogens is 150 g/mol. The number of aromatic nitrogens is 2. The van der Waals surface area contributed by atoms with E-state index >= 15 is 0 Å². The maximum absolute atomic E-state index is 8.71. The van der Waals surface area contributed by atoms with Gasteiger partial charge in [0.15, 0.2) is 0 Å². The van der Waals surface area contributed by atoms with E-state index in [1.807, 2.05) is 6.92 Å². The van der Waals surface area contributed by atoms with Crippen molar-refractivity contribution in [3.8, 4) is 6.07 Å². The van der Waals surface area contributed by atoms with Gasteiger partial charge >= 0.3 is 0 Å². The molecule has 0 aliphatic rings. The molecule has 0 spiro atoms. The van der Waals surface area contributed by atoms with E-state index in [1.165, 1.54) is 0 Å². The minimum Gasteiger partial charge on any atom is -0.240 e. The van der Waals surface area contributed by atoms with Crippen molar-refractivity contribution in [2.45, 2.75) is 26.7 Å². The Hall–Kier alpha value is -1.43. The molecule has 0 radical (unpaired) electrons. The Morgan fingerprint density at radius 1 is 1.58 bits per heavy atom. The van der Waals surface area contributed by atoms with Crippen LogP contribution in [-0.2, 0) is 6.42 Å². The molecule has 3 heteroatoms. The summed E-state index contributed by atoms with van der Waals surface area (Å²) in [4.78, 5) is 8.16. The van der Waals surface area contributed by atoms with Gasteiger partial charge in [-0.1, -0.05) is 13.3 Å². The fourth-order valence-electron chi connectivity index (χ4n) is 1.04. The van der Waals surface area contributed by atoms with E-state index in [9.17, 15) is 0 Å². The van der Waals surface area contributed by atoms with Gasteiger partial charge in [0.2, 0.25) is 0 Å². The highest BCUT2D eigenvalue weighted by molar-refractivity contribution is 5.30. The van der Waals surface area contributed by atoms with Gasteiger partial charge in [-0.25, -0.2) is 9.97 Å². The minimum atomic E-state index is 0.599. The van der Waals surface area contributed by atoms with Crippen LogP contribution in [-0.4, -0.2) is 9.97 Å². The van der Waals surface area contributed by atoms with Crippen molar-refractivity contribution in [3.05, 3.63) is 23.3 Å². The molecule has 1 rings (SSSR count). The Labute approximate surface area is 72.1 Å². The molecular formula is C9H11N3. The molecule has 0 amide bonds. The van der Waals surface area contributed by atoms with Gasteiger partial charge < -0.3 is 0 Å². The van der Waals surface area contributed by atoms with Gasteiger partial charge in [-0.05, 0) is 13.3 Å². The Morgan fingerprint density at radius 2 is 2.33 bits per heavy atom. The first kappa shape index (κ1) is 8.66. The number of rotatable bonds is 2. The fourth-order valence-corrected chi connectivity index (χ4v) is 1.04. The van der Waals surface area contributed by atoms with E-state index in [1.54, 1.807) is 6.20 Å². The van der Waals surface area contributed by atoms with Gasteiger partial charge in [-0.2, -0.15) is 5.26 Å². The third kappa shape index (κ3) is 1.79. The topological polar surface area (TPSA) is 49.6 Å². The number of hydrogen-bond acceptors (Lipinski definition) is 3. The van der Waals surface area contributed by atoms with Crippen molar-refractivity contribution >= 4 is 0 Å². The van der Waals surface area contributed by atoms with Crippen molar-refractivity contribution < 1.29 is 0 Å². The van der Waals surface area contributed by atoms with Crippen LogP contribution in [0.3, 0.4) is 0 Å². The van der Waals surface area contributed by atoms with Crippen LogP contribution >= 0.6 is 0 Å². The predicted octanol–water partition coefficient (Wildman–Crippen LogP) is 1.61. The second-order valence-electron chi connectivity index (χ2n) is 2.64. The van der Waals surface area contributed by atoms with Crippen LogP contribution in [0.15, 0.2) is 6.20 Å². The van der Waals surface area contributed by atoms with E-state index in [4.69, 9.17) is 5.26 Å². The molecule has 0 bridgehead atoms. The van der Waals surface area contributed by atoms with Crippen molar-refractivity contribution in [2.24, 2.45) is 0 Å². The predicted molar refractivity (Wildman–Crippen MR) is 45.5 cm³/mol. The zero-order valence-corrected chi connectivity index (χ0v) is 7.33. The molecule has 0 atom stereocenters. The Morgan fingerprint density at radius 3 is 2.92 bits per heavy atom. The molecule has 3 nitrogen and oxygen atoms in total. The van der Waals surface area contributed by atoms with Crippen LogP contribution in [0.5, 0.6) is 0 Å². The monoisotopic (exact) mass is 161 g/mol. The first-order valence-corrected chi connectivity index (χ1v) is 4.00. The van der Waals surface area contributed by atoms with Crippen LogP contribution in [0, 0.1) is 18.3 Å². The van der Waals surface area contributed by atoms with E-state index in [0.29, 0.717) is 5.56 Å². The normalized spacial score (nSPS) is 9.42. The second kappa shape index (κ2) is 3.82. The standard InChI is InChI=1S/C9H11N3/c1-3-4-9-8(5-10)6-11-7(2)12-9/h6H,3-4H2,1-2H3. The largest absolute Gasteiger partial charge is 0.240 e. The van der Waals surface area contributed by atoms with Crippen LogP contribution < -0.4 is 0 Å². The minimum absolute atomic E-state index is 0.599. The van der Waals surface area contributed by atoms with Crippen LogP contribution in [0.1, 0.15) is 30.4 Å². The van der Waals surface area contributed by atoms with Gasteiger partial charge in [-0.3, -0.25) is 0 Å². The zero-order valence-electron chi connectivity index (χ0n) is 7.33. The Kier molecular flexibility index (Phi) is 2.76. The van der Waals surface area contributed by atoms with Gasteiger partial charge in [0.1, 0.15) is 11.9 Å². The van der Waals surface area contributed by atoms with Crippen LogP contribution in [0.25, 0.3) is 0 Å². The molecule has 62 valence electrons. The lowest BCUT2D eigenvalue weighted by molar-refractivity contribution is 0.851. The Balaban J connectivity index is 3.06. The number of aryl methyl sites for hydroxylation is 2. The van der Waals surface area contributed by atoms with Crippen molar-refractivity contribution in [1.29, 1.82) is 5.26 Å². The van der Waals surface area contributed by atoms with E-state index in [2.05, 4.69) is 23.0 Å². The molecule has 0 aromatic carbocycles. The van der Waals surface area contributed by atoms with Gasteiger partial charge in [0.25, 0.3) is 0 Å². The van der Waals surface area contributed by atoms with E-state index in [0.717, 1.165) is 24.4 Å². The summed E-state index contributed by atoms with van der Waals surface area (Å²) in [5.74, 6) is 0.734. The molecule has 0 saturated heterocycles. The second-order valence-corrected chi connectivity index (χ2v) is 2.64. The number of nitrogens with zero attached hydrogens (tertiary/aromatic N) is 3. The summed E-state index contributed by atoms with van der Waals surface area (Å²) in [6, 6.07) is 2.08. The smallest absolute Gasteiger partial charge is 0.125 e. The molecule has 0 N–H and O–H groups in total. The summed E-state index contributed by atoms with van der Waals surface area (Å²) in [7, 11) is 0. The van der Waals surface area contributed by atoms with Crippen LogP contribution in [0.4, 0.5) is 0 Å². The molecule has 12 heavy (non-hydrogen) atoms. The quantitative estimate of drug-likeness (QED) is 0.662. The van der Waals surface area contributed by atoms with Gasteiger partial charge in [0, 0.05) is 6.20 Å². The summed E-state index contributed by atoms with van der Waals surface area (Å²) in [5.41, 5.74) is 1.47. The number of nitriles is 1. The summed E-state index contributed by atoms with van der Waals surface area (Å²) < 4.78 is 0. The first-order chi connectivity index (χ1) is 5.77. The lowest BCUT2D eigenvalue weighted by atomic mass is 10.1. The molecule has 0 unspecified atom stereocenters. The summed E-state index contributed by atoms with van der Waals surface area (Å²) in [5, 5.41) is 8.71. The van der Waals surface area contributed by atoms with Gasteiger partial charge in [0.05, 0.1) is 11.3 Å². The highest BCUT2D eigenvalue weighted by Gasteiger charge is 2.02. The summed E-state index contributed by atoms with van der Waals surface area (Å²) >= 11 is 0. The van der Waals surface area contributed by atoms with Gasteiger partial charge in [-0.15, -0.1) is 0 Å². The SMILES string of the molecule is CCCc1nc(C)ncc1C#N. The summed E-state index contributed by atoms with van der Waals surface area (Å²) in [6.45, 7) is 3.90. The number of hydrogen-bond donors (Lipinski definition) is 0. The lowest BCUT2D eigenvalue weighted by Gasteiger charge is -2.00. The highest BCUT2D eigenvalue weighted by Crippen LogP contribution is 2.05. The molecule has 1 aromatic rings. The van der Waals surface area contributed by atoms with Crippen molar-refractivity contribution in [1.82, 2.24) is 9.97 Å². The fraction of sp³-hybridized carbons (Fsp3) is 0.444. The zero-order chi connectivity index (χ0) is 8.97. The average molecular weight is 161 g/mol. The Bertz CT molecular complexity index is 312. The third-order valence-corrected chi connectivity index (χ3v) is 1.60. The van der Waals surface area contributed by atoms with E-state index < -0.39 is 0 Å². The lowest BCUT2D eigenvalue weighted by Crippen LogP contribution is -1.98. The third-order valence-electron chi connectivity index (χ3n) is 1.60. The van der Waals surface area contributed by atoms with Crippen molar-refractivity contribution in [3.63, 3.8) is 0 Å². The molecule has 0 saturated carbocycles. The molecule has 0 aliphatic carbocycles. The molecule has 0 aliphatic heterocycles. The maximum atomic E-state index is 8.71. The highest BCUT2D eigenvalue weighted by atomic mass is 14.9. The summed E-state index contributed by atoms with van der Waals surface area (Å²) in [6.07, 6.45) is 3.45. The molecule has 1 aromatic heterocycles. The van der Waals surface area contributed by atoms with Crippen molar-refractivity contribution in [2.75, 3.05) is 0 Å².